The van der Waals surface area contributed by atoms with E-state index < -0.39 is 12.2 Å². The van der Waals surface area contributed by atoms with Gasteiger partial charge in [0.05, 0.1) is 25.4 Å². The number of allylic oxidation sites excluding steroid dienone is 4. The van der Waals surface area contributed by atoms with E-state index in [1.54, 1.807) is 0 Å². The van der Waals surface area contributed by atoms with Crippen molar-refractivity contribution >= 4 is 0 Å². The minimum atomic E-state index is -0.427. The van der Waals surface area contributed by atoms with Crippen molar-refractivity contribution in [1.82, 2.24) is 9.80 Å². The van der Waals surface area contributed by atoms with Gasteiger partial charge in [-0.3, -0.25) is 9.80 Å². The zero-order valence-corrected chi connectivity index (χ0v) is 18.5. The second-order valence-electron chi connectivity index (χ2n) is 9.28. The third-order valence-electron chi connectivity index (χ3n) is 6.49. The van der Waals surface area contributed by atoms with E-state index in [2.05, 4.69) is 34.1 Å². The van der Waals surface area contributed by atoms with Gasteiger partial charge in [-0.15, -0.1) is 0 Å². The van der Waals surface area contributed by atoms with Crippen LogP contribution in [0.5, 0.6) is 0 Å². The minimum Gasteiger partial charge on any atom is -0.389 e. The Morgan fingerprint density at radius 1 is 0.700 bits per heavy atom. The van der Waals surface area contributed by atoms with E-state index in [0.29, 0.717) is 38.1 Å². The Labute approximate surface area is 182 Å². The number of hydrogen-bond acceptors (Lipinski definition) is 6. The van der Waals surface area contributed by atoms with E-state index in [4.69, 9.17) is 9.47 Å². The Bertz CT molecular complexity index is 473. The fourth-order valence-corrected chi connectivity index (χ4v) is 4.61. The molecule has 0 radical (unpaired) electrons. The number of piperazine rings is 1. The van der Waals surface area contributed by atoms with E-state index in [1.165, 1.54) is 12.8 Å². The lowest BCUT2D eigenvalue weighted by molar-refractivity contribution is -0.0174. The largest absolute Gasteiger partial charge is 0.389 e. The minimum absolute atomic E-state index is 0.424. The molecule has 6 heteroatoms. The first-order chi connectivity index (χ1) is 14.7. The fourth-order valence-electron chi connectivity index (χ4n) is 4.61. The van der Waals surface area contributed by atoms with Crippen LogP contribution in [0.2, 0.25) is 0 Å². The van der Waals surface area contributed by atoms with Gasteiger partial charge in [0.25, 0.3) is 0 Å². The SMILES string of the molecule is O[C@H](COC[C@H]1CC=CCC1)CN1CCN(C[C@@H](O)COC[C@H]2CC=CCC2)CC1. The highest BCUT2D eigenvalue weighted by Crippen LogP contribution is 2.19. The molecule has 0 bridgehead atoms. The monoisotopic (exact) mass is 422 g/mol. The van der Waals surface area contributed by atoms with Gasteiger partial charge in [-0.2, -0.15) is 0 Å². The zero-order chi connectivity index (χ0) is 21.0. The zero-order valence-electron chi connectivity index (χ0n) is 18.5. The molecular formula is C24H42N2O4. The van der Waals surface area contributed by atoms with Crippen molar-refractivity contribution in [2.45, 2.75) is 50.7 Å². The summed E-state index contributed by atoms with van der Waals surface area (Å²) in [7, 11) is 0. The van der Waals surface area contributed by atoms with Crippen molar-refractivity contribution in [2.24, 2.45) is 11.8 Å². The number of aliphatic hydroxyl groups excluding tert-OH is 2. The summed E-state index contributed by atoms with van der Waals surface area (Å²) >= 11 is 0. The van der Waals surface area contributed by atoms with E-state index in [9.17, 15) is 10.2 Å². The van der Waals surface area contributed by atoms with Gasteiger partial charge in [0, 0.05) is 52.5 Å². The normalized spacial score (nSPS) is 27.9. The molecule has 1 heterocycles. The Kier molecular flexibility index (Phi) is 10.8. The van der Waals surface area contributed by atoms with Gasteiger partial charge in [0.15, 0.2) is 0 Å². The van der Waals surface area contributed by atoms with Crippen LogP contribution in [0, 0.1) is 11.8 Å². The van der Waals surface area contributed by atoms with Gasteiger partial charge in [-0.1, -0.05) is 24.3 Å². The first-order valence-corrected chi connectivity index (χ1v) is 12.0. The molecule has 0 aromatic carbocycles. The molecule has 0 spiro atoms. The quantitative estimate of drug-likeness (QED) is 0.470. The molecule has 0 unspecified atom stereocenters. The van der Waals surface area contributed by atoms with Crippen LogP contribution in [0.15, 0.2) is 24.3 Å². The molecule has 1 aliphatic heterocycles. The van der Waals surface area contributed by atoms with Gasteiger partial charge in [0.1, 0.15) is 0 Å². The standard InChI is InChI=1S/C24H42N2O4/c27-23(19-29-17-21-7-3-1-4-8-21)15-25-11-13-26(14-12-25)16-24(28)20-30-18-22-9-5-2-6-10-22/h1-3,5,21-24,27-28H,4,6-20H2/t21-,22-,23-,24+/m0/s1. The van der Waals surface area contributed by atoms with Gasteiger partial charge < -0.3 is 19.7 Å². The summed E-state index contributed by atoms with van der Waals surface area (Å²) in [6.07, 6.45) is 15.0. The van der Waals surface area contributed by atoms with Crippen LogP contribution in [-0.4, -0.2) is 97.9 Å². The summed E-state index contributed by atoms with van der Waals surface area (Å²) in [4.78, 5) is 4.60. The molecule has 1 fully saturated rings. The summed E-state index contributed by atoms with van der Waals surface area (Å²) in [5.74, 6) is 1.22. The maximum absolute atomic E-state index is 10.3. The average molecular weight is 423 g/mol. The molecule has 3 rings (SSSR count). The molecule has 1 saturated heterocycles. The second-order valence-corrected chi connectivity index (χ2v) is 9.28. The first kappa shape index (κ1) is 23.9. The van der Waals surface area contributed by atoms with Gasteiger partial charge in [-0.05, 0) is 50.4 Å². The number of β-amino-alcohol motifs (C(OH)–C–C–N with tert-alkyl or cyclic N) is 2. The van der Waals surface area contributed by atoms with E-state index in [0.717, 1.165) is 65.1 Å². The highest BCUT2D eigenvalue weighted by Gasteiger charge is 2.22. The van der Waals surface area contributed by atoms with Crippen molar-refractivity contribution < 1.29 is 19.7 Å². The van der Waals surface area contributed by atoms with Crippen LogP contribution in [0.4, 0.5) is 0 Å². The molecule has 30 heavy (non-hydrogen) atoms. The molecule has 6 nitrogen and oxygen atoms in total. The Morgan fingerprint density at radius 2 is 1.13 bits per heavy atom. The highest BCUT2D eigenvalue weighted by molar-refractivity contribution is 4.90. The number of hydrogen-bond donors (Lipinski definition) is 2. The number of rotatable bonds is 12. The number of nitrogens with zero attached hydrogens (tertiary/aromatic N) is 2. The summed E-state index contributed by atoms with van der Waals surface area (Å²) in [6.45, 7) is 7.39. The van der Waals surface area contributed by atoms with Crippen molar-refractivity contribution in [3.63, 3.8) is 0 Å². The maximum Gasteiger partial charge on any atom is 0.0900 e. The highest BCUT2D eigenvalue weighted by atomic mass is 16.5. The first-order valence-electron chi connectivity index (χ1n) is 12.0. The van der Waals surface area contributed by atoms with Crippen molar-refractivity contribution in [2.75, 3.05) is 65.7 Å². The van der Waals surface area contributed by atoms with E-state index in [-0.39, 0.29) is 0 Å². The molecule has 2 aliphatic carbocycles. The topological polar surface area (TPSA) is 65.4 Å². The molecule has 172 valence electrons. The van der Waals surface area contributed by atoms with Crippen molar-refractivity contribution in [1.29, 1.82) is 0 Å². The Balaban J connectivity index is 1.20. The maximum atomic E-state index is 10.3. The van der Waals surface area contributed by atoms with Gasteiger partial charge in [0.2, 0.25) is 0 Å². The Morgan fingerprint density at radius 3 is 1.50 bits per heavy atom. The molecule has 0 aromatic rings. The smallest absolute Gasteiger partial charge is 0.0900 e. The molecule has 3 aliphatic rings. The van der Waals surface area contributed by atoms with Gasteiger partial charge in [-0.25, -0.2) is 0 Å². The van der Waals surface area contributed by atoms with E-state index in [1.807, 2.05) is 0 Å². The lowest BCUT2D eigenvalue weighted by atomic mass is 9.95. The molecular weight excluding hydrogens is 380 g/mol. The summed E-state index contributed by atoms with van der Waals surface area (Å²) in [6, 6.07) is 0. The molecule has 0 amide bonds. The van der Waals surface area contributed by atoms with Crippen LogP contribution in [0.3, 0.4) is 0 Å². The van der Waals surface area contributed by atoms with Crippen LogP contribution in [-0.2, 0) is 9.47 Å². The second kappa shape index (κ2) is 13.6. The number of aliphatic hydroxyl groups is 2. The predicted molar refractivity (Wildman–Crippen MR) is 119 cm³/mol. The predicted octanol–water partition coefficient (Wildman–Crippen LogP) is 2.07. The third kappa shape index (κ3) is 9.16. The van der Waals surface area contributed by atoms with Crippen LogP contribution in [0.1, 0.15) is 38.5 Å². The third-order valence-corrected chi connectivity index (χ3v) is 6.49. The van der Waals surface area contributed by atoms with Gasteiger partial charge >= 0.3 is 0 Å². The molecule has 0 saturated carbocycles. The summed E-state index contributed by atoms with van der Waals surface area (Å²) < 4.78 is 11.5. The lowest BCUT2D eigenvalue weighted by Gasteiger charge is -2.36. The summed E-state index contributed by atoms with van der Waals surface area (Å²) in [5.41, 5.74) is 0. The molecule has 4 atom stereocenters. The van der Waals surface area contributed by atoms with Crippen LogP contribution < -0.4 is 0 Å². The number of ether oxygens (including phenoxy) is 2. The Hall–Kier alpha value is -0.760. The van der Waals surface area contributed by atoms with Crippen molar-refractivity contribution in [3.8, 4) is 0 Å². The summed E-state index contributed by atoms with van der Waals surface area (Å²) in [5, 5.41) is 20.6. The molecule has 0 aromatic heterocycles. The van der Waals surface area contributed by atoms with Crippen LogP contribution in [0.25, 0.3) is 0 Å². The molecule has 2 N–H and O–H groups in total. The van der Waals surface area contributed by atoms with Crippen LogP contribution >= 0.6 is 0 Å². The lowest BCUT2D eigenvalue weighted by Crippen LogP contribution is -2.51. The average Bonchev–Trinajstić information content (AvgIpc) is 2.77. The van der Waals surface area contributed by atoms with Crippen molar-refractivity contribution in [3.05, 3.63) is 24.3 Å². The van der Waals surface area contributed by atoms with E-state index >= 15 is 0 Å². The fraction of sp³-hybridized carbons (Fsp3) is 0.833.